The fourth-order valence-corrected chi connectivity index (χ4v) is 5.52. The zero-order chi connectivity index (χ0) is 26.8. The molecule has 3 heterocycles. The Bertz CT molecular complexity index is 1610. The van der Waals surface area contributed by atoms with Crippen molar-refractivity contribution in [1.82, 2.24) is 4.68 Å². The molecule has 0 aliphatic carbocycles. The van der Waals surface area contributed by atoms with Crippen LogP contribution >= 0.6 is 11.3 Å². The predicted molar refractivity (Wildman–Crippen MR) is 155 cm³/mol. The molecule has 1 amide bonds. The Labute approximate surface area is 230 Å². The van der Waals surface area contributed by atoms with E-state index in [0.29, 0.717) is 11.4 Å². The average Bonchev–Trinajstić information content (AvgIpc) is 3.34. The Morgan fingerprint density at radius 2 is 1.85 bits per heavy atom. The minimum Gasteiger partial charge on any atom is -0.482 e. The number of ether oxygens (including phenoxy) is 2. The molecule has 2 aliphatic rings. The van der Waals surface area contributed by atoms with Crippen molar-refractivity contribution in [3.63, 3.8) is 0 Å². The van der Waals surface area contributed by atoms with Gasteiger partial charge >= 0.3 is 0 Å². The van der Waals surface area contributed by atoms with E-state index in [9.17, 15) is 4.79 Å². The Balaban J connectivity index is 1.41. The molecule has 3 aromatic carbocycles. The van der Waals surface area contributed by atoms with Crippen LogP contribution in [0.5, 0.6) is 5.75 Å². The molecule has 1 N–H and O–H groups in total. The molecule has 2 aliphatic heterocycles. The first-order chi connectivity index (χ1) is 19.0. The second-order valence-electron chi connectivity index (χ2n) is 9.55. The zero-order valence-electron chi connectivity index (χ0n) is 21.9. The molecule has 0 bridgehead atoms. The van der Waals surface area contributed by atoms with E-state index < -0.39 is 0 Å². The fraction of sp³-hybridized carbons (Fsp3) is 0.233. The quantitative estimate of drug-likeness (QED) is 0.354. The summed E-state index contributed by atoms with van der Waals surface area (Å²) in [4.78, 5) is 19.9. The van der Waals surface area contributed by atoms with Gasteiger partial charge in [-0.3, -0.25) is 4.79 Å². The number of carbonyl (C=O) groups excluding carboxylic acids is 1. The maximum Gasteiger partial charge on any atom is 0.262 e. The summed E-state index contributed by atoms with van der Waals surface area (Å²) in [7, 11) is 0. The Hall–Kier alpha value is -4.21. The molecule has 9 heteroatoms. The molecule has 4 aromatic rings. The third-order valence-corrected chi connectivity index (χ3v) is 7.55. The number of nitrogens with one attached hydrogen (secondary N) is 1. The topological polar surface area (TPSA) is 80.5 Å². The maximum absolute atomic E-state index is 11.9. The number of amides is 1. The standard InChI is InChI=1S/C30H29N5O3S/c1-20-4-3-5-24(16-20)31-30-35(27(19-39-30)23-8-11-28-26(17-23)32-29(36)18-38-28)33-21(2)22-6-9-25(10-7-22)34-12-14-37-15-13-34/h3-11,16-17,19H,12-15,18H2,1-2H3,(H,32,36). The number of hydrogen-bond acceptors (Lipinski definition) is 7. The average molecular weight is 540 g/mol. The third kappa shape index (κ3) is 5.50. The number of thiazole rings is 1. The Morgan fingerprint density at radius 3 is 2.64 bits per heavy atom. The number of fused-ring (bicyclic) bond motifs is 1. The summed E-state index contributed by atoms with van der Waals surface area (Å²) in [6, 6.07) is 22.4. The van der Waals surface area contributed by atoms with Gasteiger partial charge in [0.25, 0.3) is 5.91 Å². The lowest BCUT2D eigenvalue weighted by molar-refractivity contribution is -0.118. The van der Waals surface area contributed by atoms with Gasteiger partial charge in [0.15, 0.2) is 6.61 Å². The number of aryl methyl sites for hydroxylation is 1. The van der Waals surface area contributed by atoms with Gasteiger partial charge < -0.3 is 19.7 Å². The van der Waals surface area contributed by atoms with Gasteiger partial charge in [-0.25, -0.2) is 9.67 Å². The largest absolute Gasteiger partial charge is 0.482 e. The van der Waals surface area contributed by atoms with E-state index in [1.165, 1.54) is 17.0 Å². The highest BCUT2D eigenvalue weighted by Crippen LogP contribution is 2.33. The van der Waals surface area contributed by atoms with Crippen LogP contribution in [-0.4, -0.2) is 49.2 Å². The monoisotopic (exact) mass is 539 g/mol. The third-order valence-electron chi connectivity index (χ3n) is 6.73. The molecule has 8 nitrogen and oxygen atoms in total. The van der Waals surface area contributed by atoms with Crippen LogP contribution in [0.4, 0.5) is 17.1 Å². The van der Waals surface area contributed by atoms with Crippen molar-refractivity contribution < 1.29 is 14.3 Å². The van der Waals surface area contributed by atoms with Crippen LogP contribution in [0.15, 0.2) is 82.2 Å². The summed E-state index contributed by atoms with van der Waals surface area (Å²) in [6.45, 7) is 7.40. The minimum absolute atomic E-state index is 0.0259. The first-order valence-corrected chi connectivity index (χ1v) is 13.8. The van der Waals surface area contributed by atoms with Gasteiger partial charge in [0.1, 0.15) is 5.75 Å². The fourth-order valence-electron chi connectivity index (χ4n) is 4.67. The summed E-state index contributed by atoms with van der Waals surface area (Å²) >= 11 is 1.52. The molecule has 0 saturated carbocycles. The predicted octanol–water partition coefficient (Wildman–Crippen LogP) is 5.20. The van der Waals surface area contributed by atoms with E-state index in [-0.39, 0.29) is 12.5 Å². The summed E-state index contributed by atoms with van der Waals surface area (Å²) in [5.74, 6) is 0.493. The Morgan fingerprint density at radius 1 is 1.03 bits per heavy atom. The maximum atomic E-state index is 11.9. The molecule has 0 unspecified atom stereocenters. The van der Waals surface area contributed by atoms with Crippen molar-refractivity contribution in [3.05, 3.63) is 88.0 Å². The molecule has 6 rings (SSSR count). The van der Waals surface area contributed by atoms with E-state index in [2.05, 4.69) is 53.5 Å². The van der Waals surface area contributed by atoms with Gasteiger partial charge in [-0.2, -0.15) is 5.10 Å². The normalized spacial score (nSPS) is 16.1. The number of benzene rings is 3. The molecule has 0 spiro atoms. The van der Waals surface area contributed by atoms with Crippen LogP contribution in [0.25, 0.3) is 11.3 Å². The van der Waals surface area contributed by atoms with Gasteiger partial charge in [-0.1, -0.05) is 24.3 Å². The van der Waals surface area contributed by atoms with Crippen LogP contribution in [0.2, 0.25) is 0 Å². The molecule has 1 fully saturated rings. The van der Waals surface area contributed by atoms with E-state index in [4.69, 9.17) is 19.6 Å². The lowest BCUT2D eigenvalue weighted by Gasteiger charge is -2.28. The molecule has 39 heavy (non-hydrogen) atoms. The summed E-state index contributed by atoms with van der Waals surface area (Å²) in [5.41, 5.74) is 7.52. The second kappa shape index (κ2) is 10.9. The number of rotatable bonds is 5. The van der Waals surface area contributed by atoms with Crippen LogP contribution in [0, 0.1) is 6.92 Å². The number of carbonyl (C=O) groups is 1. The van der Waals surface area contributed by atoms with E-state index >= 15 is 0 Å². The van der Waals surface area contributed by atoms with Gasteiger partial charge in [0, 0.05) is 29.7 Å². The highest BCUT2D eigenvalue weighted by Gasteiger charge is 2.18. The molecule has 1 saturated heterocycles. The SMILES string of the molecule is CC(=Nn1c(-c2ccc3c(c2)NC(=O)CO3)csc1=Nc1cccc(C)c1)c1ccc(N2CCOCC2)cc1. The smallest absolute Gasteiger partial charge is 0.262 e. The Kier molecular flexibility index (Phi) is 7.00. The molecular formula is C30H29N5O3S. The number of anilines is 2. The lowest BCUT2D eigenvalue weighted by Crippen LogP contribution is -2.36. The minimum atomic E-state index is -0.164. The van der Waals surface area contributed by atoms with Gasteiger partial charge in [-0.05, 0) is 67.4 Å². The van der Waals surface area contributed by atoms with Crippen molar-refractivity contribution in [2.45, 2.75) is 13.8 Å². The zero-order valence-corrected chi connectivity index (χ0v) is 22.7. The molecule has 0 radical (unpaired) electrons. The molecular weight excluding hydrogens is 510 g/mol. The summed E-state index contributed by atoms with van der Waals surface area (Å²) in [6.07, 6.45) is 0. The second-order valence-corrected chi connectivity index (χ2v) is 10.4. The number of aromatic nitrogens is 1. The molecule has 0 atom stereocenters. The highest BCUT2D eigenvalue weighted by molar-refractivity contribution is 7.07. The lowest BCUT2D eigenvalue weighted by atomic mass is 10.1. The highest BCUT2D eigenvalue weighted by atomic mass is 32.1. The summed E-state index contributed by atoms with van der Waals surface area (Å²) < 4.78 is 12.9. The number of hydrogen-bond donors (Lipinski definition) is 1. The van der Waals surface area contributed by atoms with E-state index in [1.807, 2.05) is 47.3 Å². The van der Waals surface area contributed by atoms with Gasteiger partial charge in [-0.15, -0.1) is 11.3 Å². The van der Waals surface area contributed by atoms with Crippen molar-refractivity contribution in [2.24, 2.45) is 10.1 Å². The molecule has 1 aromatic heterocycles. The number of nitrogens with zero attached hydrogens (tertiary/aromatic N) is 4. The van der Waals surface area contributed by atoms with Crippen LogP contribution in [0.1, 0.15) is 18.1 Å². The van der Waals surface area contributed by atoms with E-state index in [0.717, 1.165) is 64.9 Å². The van der Waals surface area contributed by atoms with Crippen molar-refractivity contribution in [1.29, 1.82) is 0 Å². The van der Waals surface area contributed by atoms with Gasteiger partial charge in [0.2, 0.25) is 4.80 Å². The van der Waals surface area contributed by atoms with Gasteiger partial charge in [0.05, 0.1) is 36.0 Å². The first-order valence-electron chi connectivity index (χ1n) is 12.9. The van der Waals surface area contributed by atoms with Crippen LogP contribution in [0.3, 0.4) is 0 Å². The number of morpholine rings is 1. The van der Waals surface area contributed by atoms with E-state index in [1.54, 1.807) is 0 Å². The van der Waals surface area contributed by atoms with Crippen molar-refractivity contribution in [3.8, 4) is 17.0 Å². The molecule has 198 valence electrons. The van der Waals surface area contributed by atoms with Crippen LogP contribution in [-0.2, 0) is 9.53 Å². The van der Waals surface area contributed by atoms with Crippen LogP contribution < -0.4 is 19.8 Å². The van der Waals surface area contributed by atoms with Crippen molar-refractivity contribution >= 4 is 40.0 Å². The summed E-state index contributed by atoms with van der Waals surface area (Å²) in [5, 5.41) is 9.99. The first kappa shape index (κ1) is 25.1. The van der Waals surface area contributed by atoms with Crippen molar-refractivity contribution in [2.75, 3.05) is 43.1 Å².